The van der Waals surface area contributed by atoms with E-state index in [4.69, 9.17) is 4.74 Å². The normalized spacial score (nSPS) is 13.7. The zero-order valence-corrected chi connectivity index (χ0v) is 12.7. The number of pyridine rings is 1. The number of nitrogens with zero attached hydrogens (tertiary/aromatic N) is 1. The third-order valence-corrected chi connectivity index (χ3v) is 3.53. The highest BCUT2D eigenvalue weighted by molar-refractivity contribution is 5.39. The molecule has 0 saturated heterocycles. The van der Waals surface area contributed by atoms with Crippen molar-refractivity contribution >= 4 is 0 Å². The third kappa shape index (κ3) is 4.03. The van der Waals surface area contributed by atoms with E-state index in [2.05, 4.69) is 10.3 Å². The number of benzene rings is 1. The fourth-order valence-corrected chi connectivity index (χ4v) is 2.25. The fraction of sp³-hybridized carbons (Fsp3) is 0.353. The van der Waals surface area contributed by atoms with E-state index >= 15 is 0 Å². The first-order chi connectivity index (χ1) is 10.1. The Hall–Kier alpha value is -1.91. The number of aromatic nitrogens is 1. The van der Waals surface area contributed by atoms with Gasteiger partial charge in [0.15, 0.2) is 0 Å². The van der Waals surface area contributed by atoms with Crippen molar-refractivity contribution in [3.05, 3.63) is 59.4 Å². The van der Waals surface area contributed by atoms with E-state index in [0.717, 1.165) is 16.7 Å². The van der Waals surface area contributed by atoms with Gasteiger partial charge in [0.05, 0.1) is 13.2 Å². The molecule has 1 heterocycles. The predicted molar refractivity (Wildman–Crippen MR) is 83.2 cm³/mol. The molecule has 1 aromatic heterocycles. The molecular weight excluding hydrogens is 264 g/mol. The molecule has 21 heavy (non-hydrogen) atoms. The summed E-state index contributed by atoms with van der Waals surface area (Å²) in [6.07, 6.45) is 2.94. The van der Waals surface area contributed by atoms with Crippen LogP contribution in [0.2, 0.25) is 0 Å². The Balaban J connectivity index is 2.05. The molecule has 0 bridgehead atoms. The molecule has 2 rings (SSSR count). The van der Waals surface area contributed by atoms with E-state index in [9.17, 15) is 5.11 Å². The van der Waals surface area contributed by atoms with Crippen molar-refractivity contribution in [2.24, 2.45) is 0 Å². The lowest BCUT2D eigenvalue weighted by Gasteiger charge is -2.22. The Morgan fingerprint density at radius 1 is 1.33 bits per heavy atom. The van der Waals surface area contributed by atoms with E-state index in [1.807, 2.05) is 50.4 Å². The summed E-state index contributed by atoms with van der Waals surface area (Å²) in [6.45, 7) is 4.63. The number of aliphatic hydroxyl groups is 1. The average molecular weight is 286 g/mol. The van der Waals surface area contributed by atoms with Gasteiger partial charge in [-0.15, -0.1) is 0 Å². The van der Waals surface area contributed by atoms with Gasteiger partial charge in [-0.1, -0.05) is 17.7 Å². The highest BCUT2D eigenvalue weighted by atomic mass is 16.5. The van der Waals surface area contributed by atoms with Crippen LogP contribution in [0, 0.1) is 6.92 Å². The van der Waals surface area contributed by atoms with Gasteiger partial charge in [-0.2, -0.15) is 0 Å². The summed E-state index contributed by atoms with van der Waals surface area (Å²) in [7, 11) is 1.62. The Kier molecular flexibility index (Phi) is 5.31. The lowest BCUT2D eigenvalue weighted by molar-refractivity contribution is 0.132. The van der Waals surface area contributed by atoms with E-state index in [0.29, 0.717) is 12.3 Å². The van der Waals surface area contributed by atoms with Crippen molar-refractivity contribution < 1.29 is 9.84 Å². The summed E-state index contributed by atoms with van der Waals surface area (Å²) < 4.78 is 5.34. The quantitative estimate of drug-likeness (QED) is 0.857. The zero-order chi connectivity index (χ0) is 15.2. The van der Waals surface area contributed by atoms with Crippen molar-refractivity contribution in [2.45, 2.75) is 32.5 Å². The van der Waals surface area contributed by atoms with Gasteiger partial charge in [-0.25, -0.2) is 0 Å². The van der Waals surface area contributed by atoms with Crippen LogP contribution in [0.25, 0.3) is 0 Å². The number of rotatable bonds is 6. The summed E-state index contributed by atoms with van der Waals surface area (Å²) >= 11 is 0. The standard InChI is InChI=1S/C17H22N2O2/c1-12-6-7-16(21-3)15(9-12)17(20)13(2)19-11-14-5-4-8-18-10-14/h4-10,13,17,19-20H,11H2,1-3H3. The number of aliphatic hydroxyl groups excluding tert-OH is 1. The second-order valence-corrected chi connectivity index (χ2v) is 5.22. The summed E-state index contributed by atoms with van der Waals surface area (Å²) in [6, 6.07) is 9.64. The molecule has 0 saturated carbocycles. The number of hydrogen-bond acceptors (Lipinski definition) is 4. The monoisotopic (exact) mass is 286 g/mol. The highest BCUT2D eigenvalue weighted by Gasteiger charge is 2.19. The Morgan fingerprint density at radius 3 is 2.81 bits per heavy atom. The highest BCUT2D eigenvalue weighted by Crippen LogP contribution is 2.28. The van der Waals surface area contributed by atoms with Crippen LogP contribution >= 0.6 is 0 Å². The summed E-state index contributed by atoms with van der Waals surface area (Å²) in [5.41, 5.74) is 3.00. The van der Waals surface area contributed by atoms with Crippen LogP contribution in [0.5, 0.6) is 5.75 Å². The van der Waals surface area contributed by atoms with Crippen molar-refractivity contribution in [3.8, 4) is 5.75 Å². The van der Waals surface area contributed by atoms with Gasteiger partial charge < -0.3 is 15.2 Å². The molecule has 0 aliphatic carbocycles. The van der Waals surface area contributed by atoms with Gasteiger partial charge in [-0.05, 0) is 37.6 Å². The van der Waals surface area contributed by atoms with Gasteiger partial charge in [0.2, 0.25) is 0 Å². The van der Waals surface area contributed by atoms with Crippen molar-refractivity contribution in [1.82, 2.24) is 10.3 Å². The molecule has 4 nitrogen and oxygen atoms in total. The summed E-state index contributed by atoms with van der Waals surface area (Å²) in [5.74, 6) is 0.711. The van der Waals surface area contributed by atoms with Crippen molar-refractivity contribution in [1.29, 1.82) is 0 Å². The SMILES string of the molecule is COc1ccc(C)cc1C(O)C(C)NCc1cccnc1. The van der Waals surface area contributed by atoms with E-state index in [1.54, 1.807) is 13.3 Å². The number of nitrogens with one attached hydrogen (secondary N) is 1. The van der Waals surface area contributed by atoms with E-state index in [-0.39, 0.29) is 6.04 Å². The second-order valence-electron chi connectivity index (χ2n) is 5.22. The Morgan fingerprint density at radius 2 is 2.14 bits per heavy atom. The summed E-state index contributed by atoms with van der Waals surface area (Å²) in [5, 5.41) is 13.9. The van der Waals surface area contributed by atoms with Crippen LogP contribution < -0.4 is 10.1 Å². The van der Waals surface area contributed by atoms with Crippen LogP contribution in [0.15, 0.2) is 42.7 Å². The molecular formula is C17H22N2O2. The maximum absolute atomic E-state index is 10.5. The molecule has 2 aromatic rings. The average Bonchev–Trinajstić information content (AvgIpc) is 2.52. The molecule has 2 unspecified atom stereocenters. The lowest BCUT2D eigenvalue weighted by atomic mass is 10.00. The van der Waals surface area contributed by atoms with Gasteiger partial charge in [0.1, 0.15) is 5.75 Å². The number of methoxy groups -OCH3 is 1. The van der Waals surface area contributed by atoms with Crippen LogP contribution in [-0.4, -0.2) is 23.2 Å². The smallest absolute Gasteiger partial charge is 0.124 e. The minimum atomic E-state index is -0.628. The zero-order valence-electron chi connectivity index (χ0n) is 12.7. The Bertz CT molecular complexity index is 572. The van der Waals surface area contributed by atoms with Gasteiger partial charge in [0, 0.05) is 30.5 Å². The largest absolute Gasteiger partial charge is 0.496 e. The van der Waals surface area contributed by atoms with Gasteiger partial charge in [-0.3, -0.25) is 4.98 Å². The predicted octanol–water partition coefficient (Wildman–Crippen LogP) is 2.61. The molecule has 0 spiro atoms. The molecule has 2 atom stereocenters. The molecule has 0 aliphatic rings. The third-order valence-electron chi connectivity index (χ3n) is 3.53. The molecule has 2 N–H and O–H groups in total. The maximum Gasteiger partial charge on any atom is 0.124 e. The number of hydrogen-bond donors (Lipinski definition) is 2. The van der Waals surface area contributed by atoms with Crippen LogP contribution in [0.3, 0.4) is 0 Å². The Labute approximate surface area is 125 Å². The first-order valence-corrected chi connectivity index (χ1v) is 7.06. The molecule has 4 heteroatoms. The van der Waals surface area contributed by atoms with E-state index in [1.165, 1.54) is 0 Å². The van der Waals surface area contributed by atoms with E-state index < -0.39 is 6.10 Å². The molecule has 112 valence electrons. The minimum Gasteiger partial charge on any atom is -0.496 e. The number of aryl methyl sites for hydroxylation is 1. The topological polar surface area (TPSA) is 54.4 Å². The molecule has 0 amide bonds. The van der Waals surface area contributed by atoms with Gasteiger partial charge >= 0.3 is 0 Å². The molecule has 1 aromatic carbocycles. The maximum atomic E-state index is 10.5. The lowest BCUT2D eigenvalue weighted by Crippen LogP contribution is -2.32. The molecule has 0 fully saturated rings. The number of ether oxygens (including phenoxy) is 1. The minimum absolute atomic E-state index is 0.0964. The second kappa shape index (κ2) is 7.20. The van der Waals surface area contributed by atoms with Crippen molar-refractivity contribution in [2.75, 3.05) is 7.11 Å². The van der Waals surface area contributed by atoms with Crippen LogP contribution in [-0.2, 0) is 6.54 Å². The van der Waals surface area contributed by atoms with Crippen LogP contribution in [0.1, 0.15) is 29.7 Å². The first-order valence-electron chi connectivity index (χ1n) is 7.06. The summed E-state index contributed by atoms with van der Waals surface area (Å²) in [4.78, 5) is 4.08. The molecule has 0 aliphatic heterocycles. The van der Waals surface area contributed by atoms with Crippen LogP contribution in [0.4, 0.5) is 0 Å². The van der Waals surface area contributed by atoms with Gasteiger partial charge in [0.25, 0.3) is 0 Å². The fourth-order valence-electron chi connectivity index (χ4n) is 2.25. The molecule has 0 radical (unpaired) electrons. The first kappa shape index (κ1) is 15.5. The van der Waals surface area contributed by atoms with Crippen molar-refractivity contribution in [3.63, 3.8) is 0 Å².